The number of para-hydroxylation sites is 1. The number of hydrogen-bond acceptors (Lipinski definition) is 7. The minimum absolute atomic E-state index is 0.148. The van der Waals surface area contributed by atoms with Crippen molar-refractivity contribution in [1.29, 1.82) is 0 Å². The van der Waals surface area contributed by atoms with Crippen molar-refractivity contribution in [2.45, 2.75) is 23.0 Å². The van der Waals surface area contributed by atoms with E-state index in [9.17, 15) is 4.79 Å². The lowest BCUT2D eigenvalue weighted by atomic mass is 10.3. The Morgan fingerprint density at radius 1 is 1.26 bits per heavy atom. The van der Waals surface area contributed by atoms with Crippen LogP contribution < -0.4 is 11.1 Å². The first-order valence-electron chi connectivity index (χ1n) is 6.46. The number of thiazole rings is 1. The third-order valence-electron chi connectivity index (χ3n) is 2.43. The molecule has 0 unspecified atom stereocenters. The number of nitrogens with zero attached hydrogens (tertiary/aromatic N) is 2. The molecule has 0 radical (unpaired) electrons. The SMILES string of the molecule is CC(=O)Nc1nc2c(s1)Sc1ccccc1N=C2N.CC(=O)O. The Morgan fingerprint density at radius 3 is 2.57 bits per heavy atom. The van der Waals surface area contributed by atoms with E-state index in [-0.39, 0.29) is 5.91 Å². The van der Waals surface area contributed by atoms with Gasteiger partial charge in [-0.25, -0.2) is 9.98 Å². The number of nitrogens with two attached hydrogens (primary N) is 1. The van der Waals surface area contributed by atoms with Crippen LogP contribution in [0, 0.1) is 0 Å². The molecule has 1 aromatic heterocycles. The van der Waals surface area contributed by atoms with Gasteiger partial charge in [0.15, 0.2) is 11.0 Å². The minimum Gasteiger partial charge on any atom is -0.481 e. The van der Waals surface area contributed by atoms with Gasteiger partial charge in [0.05, 0.1) is 9.90 Å². The second kappa shape index (κ2) is 7.25. The van der Waals surface area contributed by atoms with Crippen molar-refractivity contribution in [3.8, 4) is 0 Å². The predicted molar refractivity (Wildman–Crippen MR) is 90.7 cm³/mol. The van der Waals surface area contributed by atoms with Crippen molar-refractivity contribution in [2.75, 3.05) is 5.32 Å². The van der Waals surface area contributed by atoms with Crippen LogP contribution in [0.4, 0.5) is 10.8 Å². The first-order chi connectivity index (χ1) is 10.9. The fourth-order valence-electron chi connectivity index (χ4n) is 1.66. The van der Waals surface area contributed by atoms with Gasteiger partial charge in [0.25, 0.3) is 5.97 Å². The van der Waals surface area contributed by atoms with E-state index < -0.39 is 5.97 Å². The van der Waals surface area contributed by atoms with Crippen LogP contribution in [0.3, 0.4) is 0 Å². The Bertz CT molecular complexity index is 782. The zero-order valence-corrected chi connectivity index (χ0v) is 14.0. The van der Waals surface area contributed by atoms with E-state index in [4.69, 9.17) is 15.6 Å². The Hall–Kier alpha value is -2.39. The van der Waals surface area contributed by atoms with Crippen LogP contribution in [0.5, 0.6) is 0 Å². The maximum atomic E-state index is 11.1. The summed E-state index contributed by atoms with van der Waals surface area (Å²) in [6, 6.07) is 7.79. The number of aromatic nitrogens is 1. The molecule has 3 rings (SSSR count). The number of amidine groups is 1. The lowest BCUT2D eigenvalue weighted by molar-refractivity contribution is -0.134. The molecule has 0 spiro atoms. The lowest BCUT2D eigenvalue weighted by Gasteiger charge is -2.00. The normalized spacial score (nSPS) is 11.8. The molecule has 7 nitrogen and oxygen atoms in total. The zero-order chi connectivity index (χ0) is 17.0. The smallest absolute Gasteiger partial charge is 0.300 e. The molecule has 23 heavy (non-hydrogen) atoms. The summed E-state index contributed by atoms with van der Waals surface area (Å²) in [6.45, 7) is 2.53. The van der Waals surface area contributed by atoms with Gasteiger partial charge in [0, 0.05) is 18.7 Å². The second-order valence-corrected chi connectivity index (χ2v) is 6.73. The van der Waals surface area contributed by atoms with E-state index in [1.165, 1.54) is 18.3 Å². The molecular weight excluding hydrogens is 336 g/mol. The molecule has 1 aromatic carbocycles. The van der Waals surface area contributed by atoms with Crippen molar-refractivity contribution in [3.05, 3.63) is 30.0 Å². The molecule has 1 aliphatic heterocycles. The molecular formula is C14H14N4O3S2. The Balaban J connectivity index is 0.000000433. The molecule has 4 N–H and O–H groups in total. The fraction of sp³-hybridized carbons (Fsp3) is 0.143. The van der Waals surface area contributed by atoms with Gasteiger partial charge in [-0.15, -0.1) is 0 Å². The summed E-state index contributed by atoms with van der Waals surface area (Å²) in [5, 5.41) is 10.6. The van der Waals surface area contributed by atoms with Crippen molar-refractivity contribution in [1.82, 2.24) is 4.98 Å². The average molecular weight is 350 g/mol. The molecule has 0 fully saturated rings. The third-order valence-corrected chi connectivity index (χ3v) is 4.64. The first kappa shape index (κ1) is 17.0. The van der Waals surface area contributed by atoms with E-state index in [2.05, 4.69) is 15.3 Å². The van der Waals surface area contributed by atoms with Crippen LogP contribution in [0.25, 0.3) is 0 Å². The molecule has 0 saturated carbocycles. The number of hydrogen-bond donors (Lipinski definition) is 3. The molecule has 0 saturated heterocycles. The van der Waals surface area contributed by atoms with Crippen LogP contribution in [-0.2, 0) is 9.59 Å². The molecule has 2 aromatic rings. The van der Waals surface area contributed by atoms with E-state index in [0.29, 0.717) is 16.7 Å². The largest absolute Gasteiger partial charge is 0.481 e. The van der Waals surface area contributed by atoms with Crippen LogP contribution in [0.15, 0.2) is 38.4 Å². The monoisotopic (exact) mass is 350 g/mol. The number of benzene rings is 1. The number of aliphatic imine (C=N–C) groups is 1. The summed E-state index contributed by atoms with van der Waals surface area (Å²) in [7, 11) is 0. The van der Waals surface area contributed by atoms with E-state index in [0.717, 1.165) is 21.7 Å². The highest BCUT2D eigenvalue weighted by atomic mass is 32.2. The summed E-state index contributed by atoms with van der Waals surface area (Å²) in [6.07, 6.45) is 0. The van der Waals surface area contributed by atoms with Gasteiger partial charge < -0.3 is 16.2 Å². The van der Waals surface area contributed by atoms with Crippen LogP contribution in [-0.4, -0.2) is 27.8 Å². The van der Waals surface area contributed by atoms with Gasteiger partial charge in [-0.05, 0) is 12.1 Å². The second-order valence-electron chi connectivity index (χ2n) is 4.42. The summed E-state index contributed by atoms with van der Waals surface area (Å²) in [5.74, 6) is -0.606. The molecule has 0 bridgehead atoms. The molecule has 120 valence electrons. The van der Waals surface area contributed by atoms with Crippen LogP contribution in [0.2, 0.25) is 0 Å². The van der Waals surface area contributed by atoms with Crippen molar-refractivity contribution < 1.29 is 14.7 Å². The zero-order valence-electron chi connectivity index (χ0n) is 12.4. The highest BCUT2D eigenvalue weighted by Gasteiger charge is 2.20. The Morgan fingerprint density at radius 2 is 1.91 bits per heavy atom. The summed E-state index contributed by atoms with van der Waals surface area (Å²) in [5.41, 5.74) is 7.45. The summed E-state index contributed by atoms with van der Waals surface area (Å²) in [4.78, 5) is 29.8. The number of nitrogens with one attached hydrogen (secondary N) is 1. The highest BCUT2D eigenvalue weighted by Crippen LogP contribution is 2.43. The molecule has 9 heteroatoms. The molecule has 2 heterocycles. The van der Waals surface area contributed by atoms with Gasteiger partial charge in [-0.3, -0.25) is 9.59 Å². The van der Waals surface area contributed by atoms with Gasteiger partial charge in [-0.1, -0.05) is 35.2 Å². The summed E-state index contributed by atoms with van der Waals surface area (Å²) >= 11 is 2.97. The number of rotatable bonds is 1. The highest BCUT2D eigenvalue weighted by molar-refractivity contribution is 8.01. The van der Waals surface area contributed by atoms with E-state index in [1.807, 2.05) is 24.3 Å². The number of carbonyl (C=O) groups excluding carboxylic acids is 1. The number of carbonyl (C=O) groups is 2. The third kappa shape index (κ3) is 4.54. The minimum atomic E-state index is -0.833. The number of carboxylic acid groups (broad SMARTS) is 1. The Kier molecular flexibility index (Phi) is 5.35. The average Bonchev–Trinajstić information content (AvgIpc) is 2.76. The van der Waals surface area contributed by atoms with Gasteiger partial charge in [0.2, 0.25) is 5.91 Å². The molecule has 0 aliphatic carbocycles. The van der Waals surface area contributed by atoms with E-state index >= 15 is 0 Å². The van der Waals surface area contributed by atoms with Crippen molar-refractivity contribution in [3.63, 3.8) is 0 Å². The number of aliphatic carboxylic acids is 1. The molecule has 0 atom stereocenters. The van der Waals surface area contributed by atoms with Gasteiger partial charge in [0.1, 0.15) is 5.69 Å². The number of amides is 1. The quantitative estimate of drug-likeness (QED) is 0.728. The fourth-order valence-corrected chi connectivity index (χ4v) is 3.90. The van der Waals surface area contributed by atoms with Gasteiger partial charge >= 0.3 is 0 Å². The lowest BCUT2D eigenvalue weighted by Crippen LogP contribution is -2.14. The maximum absolute atomic E-state index is 11.1. The molecule has 1 amide bonds. The number of anilines is 1. The summed E-state index contributed by atoms with van der Waals surface area (Å²) < 4.78 is 0.940. The van der Waals surface area contributed by atoms with Crippen LogP contribution >= 0.6 is 23.1 Å². The van der Waals surface area contributed by atoms with Crippen molar-refractivity contribution in [2.24, 2.45) is 10.7 Å². The topological polar surface area (TPSA) is 118 Å². The first-order valence-corrected chi connectivity index (χ1v) is 8.09. The number of fused-ring (bicyclic) bond motifs is 2. The van der Waals surface area contributed by atoms with Crippen molar-refractivity contribution >= 4 is 51.6 Å². The van der Waals surface area contributed by atoms with Crippen LogP contribution in [0.1, 0.15) is 19.5 Å². The standard InChI is InChI=1S/C12H10N4OS2.C2H4O2/c1-6(17)14-12-16-9-10(13)15-7-4-2-3-5-8(7)18-11(9)19-12;1-2(3)4/h2-5H,1H3,(H2,13,15)(H,14,16,17);1H3,(H,3,4). The Labute approximate surface area is 140 Å². The predicted octanol–water partition coefficient (Wildman–Crippen LogP) is 2.69. The molecule has 1 aliphatic rings. The maximum Gasteiger partial charge on any atom is 0.300 e. The van der Waals surface area contributed by atoms with Gasteiger partial charge in [-0.2, -0.15) is 0 Å². The van der Waals surface area contributed by atoms with E-state index in [1.54, 1.807) is 11.8 Å². The number of carboxylic acids is 1.